The molecule has 9 nitrogen and oxygen atoms in total. The predicted octanol–water partition coefficient (Wildman–Crippen LogP) is 11.0. The van der Waals surface area contributed by atoms with Gasteiger partial charge in [0.05, 0.1) is 27.7 Å². The average molecular weight is 775 g/mol. The van der Waals surface area contributed by atoms with Gasteiger partial charge in [0.1, 0.15) is 19.8 Å². The zero-order valence-corrected chi connectivity index (χ0v) is 35.1. The first-order chi connectivity index (χ1) is 26.0. The van der Waals surface area contributed by atoms with Crippen LogP contribution in [0.5, 0.6) is 0 Å². The fourth-order valence-electron chi connectivity index (χ4n) is 4.59. The van der Waals surface area contributed by atoms with Gasteiger partial charge in [0.2, 0.25) is 0 Å². The smallest absolute Gasteiger partial charge is 0.462 e. The Balaban J connectivity index is 4.62. The summed E-state index contributed by atoms with van der Waals surface area (Å²) in [5.74, 6) is -0.960. The number of nitrogens with zero attached hydrogens (tertiary/aromatic N) is 1. The Morgan fingerprint density at radius 1 is 0.611 bits per heavy atom. The third-order valence-electron chi connectivity index (χ3n) is 7.73. The SMILES string of the molecule is CC/C=C/C=C/C=C/C=C/C=C/CCCC(=O)OC(COC(=O)CCC/C=C/C/C=C/C/C=C/CCCCCCCC)COP(=O)(O)OCC[N+](C)(C)C. The minimum Gasteiger partial charge on any atom is -0.462 e. The van der Waals surface area contributed by atoms with Crippen LogP contribution in [0.2, 0.25) is 0 Å². The Kier molecular flexibility index (Phi) is 33.6. The van der Waals surface area contributed by atoms with Crippen LogP contribution in [0.3, 0.4) is 0 Å². The Labute approximate surface area is 328 Å². The predicted molar refractivity (Wildman–Crippen MR) is 224 cm³/mol. The number of quaternary nitrogens is 1. The lowest BCUT2D eigenvalue weighted by Crippen LogP contribution is -2.37. The normalized spacial score (nSPS) is 14.7. The molecule has 0 bridgehead atoms. The number of ether oxygens (including phenoxy) is 2. The molecule has 1 N–H and O–H groups in total. The van der Waals surface area contributed by atoms with Crippen LogP contribution in [0, 0.1) is 0 Å². The Morgan fingerprint density at radius 3 is 1.74 bits per heavy atom. The first-order valence-corrected chi connectivity index (χ1v) is 21.5. The van der Waals surface area contributed by atoms with E-state index < -0.39 is 32.5 Å². The number of hydrogen-bond acceptors (Lipinski definition) is 7. The van der Waals surface area contributed by atoms with E-state index in [4.69, 9.17) is 18.5 Å². The van der Waals surface area contributed by atoms with Crippen LogP contribution in [0.1, 0.15) is 117 Å². The topological polar surface area (TPSA) is 108 Å². The number of allylic oxidation sites excluding steroid dienone is 16. The average Bonchev–Trinajstić information content (AvgIpc) is 3.12. The molecule has 306 valence electrons. The van der Waals surface area contributed by atoms with E-state index in [0.29, 0.717) is 30.3 Å². The Morgan fingerprint density at radius 2 is 1.13 bits per heavy atom. The molecule has 0 radical (unpaired) electrons. The lowest BCUT2D eigenvalue weighted by Gasteiger charge is -2.24. The molecule has 0 spiro atoms. The molecular weight excluding hydrogens is 701 g/mol. The summed E-state index contributed by atoms with van der Waals surface area (Å²) in [5.41, 5.74) is 0. The number of carbonyl (C=O) groups is 2. The molecule has 0 heterocycles. The Bertz CT molecular complexity index is 1240. The van der Waals surface area contributed by atoms with Crippen molar-refractivity contribution in [2.24, 2.45) is 0 Å². The third-order valence-corrected chi connectivity index (χ3v) is 8.71. The maximum atomic E-state index is 12.6. The summed E-state index contributed by atoms with van der Waals surface area (Å²) in [6, 6.07) is 0. The summed E-state index contributed by atoms with van der Waals surface area (Å²) >= 11 is 0. The van der Waals surface area contributed by atoms with E-state index in [-0.39, 0.29) is 26.1 Å². The molecule has 2 unspecified atom stereocenters. The number of unbranched alkanes of at least 4 members (excludes halogenated alkanes) is 8. The van der Waals surface area contributed by atoms with Crippen LogP contribution >= 0.6 is 7.82 Å². The van der Waals surface area contributed by atoms with Crippen molar-refractivity contribution in [2.45, 2.75) is 123 Å². The standard InChI is InChI=1S/C44H72NO8P/c1-6-8-10-12-14-16-18-20-21-22-23-25-26-28-30-32-34-36-43(46)50-40-42(41-52-54(48,49)51-39-38-45(3,4)5)53-44(47)37-35-33-31-29-27-24-19-17-15-13-11-9-7-2/h9,11,13,15,17,19-21,23-25,27-31,42H,6-8,10,12,14,16,18,22,26,32-41H2,1-5H3/p+1/b11-9+,15-13+,19-17+,21-20+,25-23+,27-24+,30-28+,31-29+. The van der Waals surface area contributed by atoms with E-state index in [1.54, 1.807) is 0 Å². The van der Waals surface area contributed by atoms with Gasteiger partial charge >= 0.3 is 19.8 Å². The zero-order valence-electron chi connectivity index (χ0n) is 34.2. The molecule has 0 saturated carbocycles. The summed E-state index contributed by atoms with van der Waals surface area (Å²) < 4.78 is 34.0. The fourth-order valence-corrected chi connectivity index (χ4v) is 5.33. The minimum absolute atomic E-state index is 0.00480. The van der Waals surface area contributed by atoms with Crippen LogP contribution in [-0.4, -0.2) is 74.9 Å². The first-order valence-electron chi connectivity index (χ1n) is 20.0. The van der Waals surface area contributed by atoms with Gasteiger partial charge in [-0.15, -0.1) is 0 Å². The van der Waals surface area contributed by atoms with E-state index in [2.05, 4.69) is 56.4 Å². The molecule has 0 amide bonds. The first kappa shape index (κ1) is 50.9. The molecule has 0 aliphatic rings. The number of phosphoric ester groups is 1. The molecule has 0 rings (SSSR count). The van der Waals surface area contributed by atoms with Crippen molar-refractivity contribution in [1.29, 1.82) is 0 Å². The van der Waals surface area contributed by atoms with Crippen LogP contribution in [0.25, 0.3) is 0 Å². The molecule has 0 aliphatic heterocycles. The van der Waals surface area contributed by atoms with Crippen molar-refractivity contribution >= 4 is 19.8 Å². The summed E-state index contributed by atoms with van der Waals surface area (Å²) in [4.78, 5) is 35.2. The lowest BCUT2D eigenvalue weighted by molar-refractivity contribution is -0.870. The van der Waals surface area contributed by atoms with E-state index >= 15 is 0 Å². The van der Waals surface area contributed by atoms with Crippen LogP contribution in [-0.2, 0) is 32.7 Å². The second kappa shape index (κ2) is 35.6. The highest BCUT2D eigenvalue weighted by Crippen LogP contribution is 2.43. The number of rotatable bonds is 34. The molecule has 0 fully saturated rings. The minimum atomic E-state index is -4.41. The van der Waals surface area contributed by atoms with Crippen molar-refractivity contribution in [3.05, 3.63) is 97.2 Å². The number of hydrogen-bond donors (Lipinski definition) is 1. The summed E-state index contributed by atoms with van der Waals surface area (Å²) in [6.45, 7) is 4.08. The van der Waals surface area contributed by atoms with Gasteiger partial charge in [0.25, 0.3) is 0 Å². The van der Waals surface area contributed by atoms with Crippen molar-refractivity contribution in [2.75, 3.05) is 47.5 Å². The summed E-state index contributed by atoms with van der Waals surface area (Å²) in [6.07, 6.45) is 46.3. The zero-order chi connectivity index (χ0) is 40.0. The van der Waals surface area contributed by atoms with Gasteiger partial charge in [-0.1, -0.05) is 143 Å². The van der Waals surface area contributed by atoms with E-state index in [1.165, 1.54) is 38.5 Å². The van der Waals surface area contributed by atoms with E-state index in [0.717, 1.165) is 32.1 Å². The highest BCUT2D eigenvalue weighted by Gasteiger charge is 2.27. The number of carbonyl (C=O) groups excluding carboxylic acids is 2. The molecule has 2 atom stereocenters. The van der Waals surface area contributed by atoms with Gasteiger partial charge in [-0.3, -0.25) is 18.6 Å². The van der Waals surface area contributed by atoms with Crippen molar-refractivity contribution < 1.29 is 42.1 Å². The molecule has 0 aromatic heterocycles. The van der Waals surface area contributed by atoms with E-state index in [9.17, 15) is 19.0 Å². The maximum Gasteiger partial charge on any atom is 0.472 e. The van der Waals surface area contributed by atoms with E-state index in [1.807, 2.05) is 75.8 Å². The number of esters is 2. The maximum absolute atomic E-state index is 12.6. The van der Waals surface area contributed by atoms with Gasteiger partial charge in [-0.05, 0) is 57.8 Å². The molecule has 10 heteroatoms. The lowest BCUT2D eigenvalue weighted by atomic mass is 10.1. The van der Waals surface area contributed by atoms with Crippen molar-refractivity contribution in [3.8, 4) is 0 Å². The molecule has 0 aliphatic carbocycles. The highest BCUT2D eigenvalue weighted by atomic mass is 31.2. The van der Waals surface area contributed by atoms with Crippen LogP contribution in [0.4, 0.5) is 0 Å². The summed E-state index contributed by atoms with van der Waals surface area (Å²) in [7, 11) is 1.38. The molecule has 0 aromatic carbocycles. The van der Waals surface area contributed by atoms with Crippen molar-refractivity contribution in [3.63, 3.8) is 0 Å². The summed E-state index contributed by atoms with van der Waals surface area (Å²) in [5, 5.41) is 0. The second-order valence-electron chi connectivity index (χ2n) is 14.1. The van der Waals surface area contributed by atoms with Crippen LogP contribution in [0.15, 0.2) is 97.2 Å². The Hall–Kier alpha value is -3.07. The third kappa shape index (κ3) is 38.6. The fraction of sp³-hybridized carbons (Fsp3) is 0.591. The molecule has 0 aromatic rings. The quantitative estimate of drug-likeness (QED) is 0.0172. The number of phosphoric acid groups is 1. The second-order valence-corrected chi connectivity index (χ2v) is 15.5. The number of likely N-dealkylation sites (N-methyl/N-ethyl adjacent to an activating group) is 1. The monoisotopic (exact) mass is 775 g/mol. The van der Waals surface area contributed by atoms with Crippen LogP contribution < -0.4 is 0 Å². The van der Waals surface area contributed by atoms with Gasteiger partial charge < -0.3 is 18.9 Å². The largest absolute Gasteiger partial charge is 0.472 e. The van der Waals surface area contributed by atoms with Crippen molar-refractivity contribution in [1.82, 2.24) is 0 Å². The van der Waals surface area contributed by atoms with Gasteiger partial charge in [-0.2, -0.15) is 0 Å². The van der Waals surface area contributed by atoms with Gasteiger partial charge in [-0.25, -0.2) is 4.57 Å². The molecular formula is C44H73NO8P+. The molecule has 54 heavy (non-hydrogen) atoms. The highest BCUT2D eigenvalue weighted by molar-refractivity contribution is 7.47. The van der Waals surface area contributed by atoms with Gasteiger partial charge in [0, 0.05) is 12.8 Å². The van der Waals surface area contributed by atoms with Gasteiger partial charge in [0.15, 0.2) is 6.10 Å². The molecule has 0 saturated heterocycles.